The Labute approximate surface area is 110 Å². The number of nitrogens with one attached hydrogen (secondary N) is 2. The Kier molecular flexibility index (Phi) is 6.03. The number of halogens is 1. The minimum Gasteiger partial charge on any atom is -0.364 e. The molecule has 98 valence electrons. The second-order valence-electron chi connectivity index (χ2n) is 4.89. The van der Waals surface area contributed by atoms with Crippen LogP contribution < -0.4 is 5.32 Å². The maximum Gasteiger partial charge on any atom is 0.0467 e. The number of piperidine rings is 1. The Morgan fingerprint density at radius 2 is 2.29 bits per heavy atom. The van der Waals surface area contributed by atoms with Crippen LogP contribution in [0.25, 0.3) is 0 Å². The summed E-state index contributed by atoms with van der Waals surface area (Å²) in [6.45, 7) is 4.59. The van der Waals surface area contributed by atoms with E-state index in [1.165, 1.54) is 31.5 Å². The number of H-pyrrole nitrogens is 1. The third kappa shape index (κ3) is 4.02. The van der Waals surface area contributed by atoms with E-state index in [-0.39, 0.29) is 12.4 Å². The standard InChI is InChI=1S/C13H23N3.ClH/c1-11(13-7-5-9-15-13)16(2)10-12-6-3-4-8-14-12;/h5,7,9,11-12,14-15H,3-4,6,8,10H2,1-2H3;1H. The predicted molar refractivity (Wildman–Crippen MR) is 74.7 cm³/mol. The molecule has 17 heavy (non-hydrogen) atoms. The fourth-order valence-electron chi connectivity index (χ4n) is 2.43. The maximum atomic E-state index is 3.60. The van der Waals surface area contributed by atoms with Gasteiger partial charge in [0.05, 0.1) is 0 Å². The Bertz CT molecular complexity index is 294. The van der Waals surface area contributed by atoms with Gasteiger partial charge in [0.15, 0.2) is 0 Å². The zero-order chi connectivity index (χ0) is 11.4. The van der Waals surface area contributed by atoms with Crippen molar-refractivity contribution in [1.29, 1.82) is 0 Å². The summed E-state index contributed by atoms with van der Waals surface area (Å²) in [5.74, 6) is 0. The molecule has 2 N–H and O–H groups in total. The van der Waals surface area contributed by atoms with E-state index < -0.39 is 0 Å². The first kappa shape index (κ1) is 14.6. The quantitative estimate of drug-likeness (QED) is 0.869. The molecule has 0 amide bonds. The van der Waals surface area contributed by atoms with Crippen LogP contribution in [0.1, 0.15) is 37.9 Å². The Hall–Kier alpha value is -0.510. The van der Waals surface area contributed by atoms with Crippen LogP contribution in [-0.4, -0.2) is 36.1 Å². The van der Waals surface area contributed by atoms with Crippen molar-refractivity contribution in [3.63, 3.8) is 0 Å². The highest BCUT2D eigenvalue weighted by molar-refractivity contribution is 5.85. The number of likely N-dealkylation sites (N-methyl/N-ethyl adjacent to an activating group) is 1. The van der Waals surface area contributed by atoms with Gasteiger partial charge in [0.25, 0.3) is 0 Å². The molecule has 2 atom stereocenters. The lowest BCUT2D eigenvalue weighted by atomic mass is 10.0. The molecule has 2 unspecified atom stereocenters. The summed E-state index contributed by atoms with van der Waals surface area (Å²) in [7, 11) is 2.21. The SMILES string of the molecule is CC(c1ccc[nH]1)N(C)CC1CCCCN1.Cl. The Morgan fingerprint density at radius 1 is 1.47 bits per heavy atom. The normalized spacial score (nSPS) is 22.2. The van der Waals surface area contributed by atoms with Crippen LogP contribution >= 0.6 is 12.4 Å². The first-order chi connectivity index (χ1) is 7.77. The van der Waals surface area contributed by atoms with Gasteiger partial charge in [0.2, 0.25) is 0 Å². The number of aromatic nitrogens is 1. The van der Waals surface area contributed by atoms with E-state index >= 15 is 0 Å². The predicted octanol–water partition coefficient (Wildman–Crippen LogP) is 2.57. The van der Waals surface area contributed by atoms with Crippen molar-refractivity contribution in [2.24, 2.45) is 0 Å². The number of nitrogens with zero attached hydrogens (tertiary/aromatic N) is 1. The monoisotopic (exact) mass is 257 g/mol. The molecule has 0 aliphatic carbocycles. The number of hydrogen-bond donors (Lipinski definition) is 2. The average molecular weight is 258 g/mol. The molecule has 2 heterocycles. The van der Waals surface area contributed by atoms with Crippen molar-refractivity contribution in [3.05, 3.63) is 24.0 Å². The first-order valence-corrected chi connectivity index (χ1v) is 6.34. The van der Waals surface area contributed by atoms with Crippen LogP contribution in [0.2, 0.25) is 0 Å². The van der Waals surface area contributed by atoms with Crippen molar-refractivity contribution in [2.75, 3.05) is 20.1 Å². The summed E-state index contributed by atoms with van der Waals surface area (Å²) in [6.07, 6.45) is 6.04. The molecule has 0 radical (unpaired) electrons. The minimum absolute atomic E-state index is 0. The van der Waals surface area contributed by atoms with E-state index in [4.69, 9.17) is 0 Å². The van der Waals surface area contributed by atoms with Gasteiger partial charge in [-0.3, -0.25) is 4.90 Å². The molecule has 1 aromatic heterocycles. The zero-order valence-electron chi connectivity index (χ0n) is 10.8. The summed E-state index contributed by atoms with van der Waals surface area (Å²) < 4.78 is 0. The summed E-state index contributed by atoms with van der Waals surface area (Å²) in [5, 5.41) is 3.60. The van der Waals surface area contributed by atoms with Gasteiger partial charge in [-0.1, -0.05) is 6.42 Å². The van der Waals surface area contributed by atoms with Gasteiger partial charge >= 0.3 is 0 Å². The summed E-state index contributed by atoms with van der Waals surface area (Å²) in [6, 6.07) is 5.38. The minimum atomic E-state index is 0. The summed E-state index contributed by atoms with van der Waals surface area (Å²) >= 11 is 0. The molecule has 3 nitrogen and oxygen atoms in total. The zero-order valence-corrected chi connectivity index (χ0v) is 11.6. The van der Waals surface area contributed by atoms with Crippen molar-refractivity contribution in [1.82, 2.24) is 15.2 Å². The van der Waals surface area contributed by atoms with Gasteiger partial charge in [-0.25, -0.2) is 0 Å². The number of rotatable bonds is 4. The van der Waals surface area contributed by atoms with Gasteiger partial charge in [0.1, 0.15) is 0 Å². The van der Waals surface area contributed by atoms with Crippen LogP contribution in [0.3, 0.4) is 0 Å². The highest BCUT2D eigenvalue weighted by Crippen LogP contribution is 2.18. The lowest BCUT2D eigenvalue weighted by molar-refractivity contribution is 0.212. The molecule has 0 bridgehead atoms. The van der Waals surface area contributed by atoms with E-state index in [2.05, 4.69) is 41.3 Å². The van der Waals surface area contributed by atoms with Crippen molar-refractivity contribution in [2.45, 2.75) is 38.3 Å². The average Bonchev–Trinajstić information content (AvgIpc) is 2.83. The Morgan fingerprint density at radius 3 is 2.88 bits per heavy atom. The molecule has 2 rings (SSSR count). The molecular weight excluding hydrogens is 234 g/mol. The van der Waals surface area contributed by atoms with E-state index in [0.29, 0.717) is 12.1 Å². The van der Waals surface area contributed by atoms with Crippen LogP contribution in [0, 0.1) is 0 Å². The molecule has 0 saturated carbocycles. The molecular formula is C13H24ClN3. The van der Waals surface area contributed by atoms with Gasteiger partial charge in [-0.05, 0) is 45.5 Å². The highest BCUT2D eigenvalue weighted by atomic mass is 35.5. The van der Waals surface area contributed by atoms with Gasteiger partial charge in [-0.15, -0.1) is 12.4 Å². The molecule has 1 aromatic rings. The molecule has 1 aliphatic heterocycles. The number of aromatic amines is 1. The Balaban J connectivity index is 0.00000144. The van der Waals surface area contributed by atoms with E-state index in [1.807, 2.05) is 6.20 Å². The number of hydrogen-bond acceptors (Lipinski definition) is 2. The fourth-order valence-corrected chi connectivity index (χ4v) is 2.43. The van der Waals surface area contributed by atoms with Gasteiger partial charge in [-0.2, -0.15) is 0 Å². The first-order valence-electron chi connectivity index (χ1n) is 6.34. The largest absolute Gasteiger partial charge is 0.364 e. The second kappa shape index (κ2) is 7.04. The molecule has 0 aromatic carbocycles. The molecule has 1 saturated heterocycles. The molecule has 1 fully saturated rings. The molecule has 0 spiro atoms. The van der Waals surface area contributed by atoms with E-state index in [9.17, 15) is 0 Å². The van der Waals surface area contributed by atoms with Crippen LogP contribution in [0.15, 0.2) is 18.3 Å². The highest BCUT2D eigenvalue weighted by Gasteiger charge is 2.18. The molecule has 1 aliphatic rings. The van der Waals surface area contributed by atoms with Gasteiger partial charge in [0, 0.05) is 30.5 Å². The summed E-state index contributed by atoms with van der Waals surface area (Å²) in [5.41, 5.74) is 1.30. The fraction of sp³-hybridized carbons (Fsp3) is 0.692. The third-order valence-electron chi connectivity index (χ3n) is 3.65. The lowest BCUT2D eigenvalue weighted by Gasteiger charge is -2.31. The van der Waals surface area contributed by atoms with Crippen molar-refractivity contribution >= 4 is 12.4 Å². The van der Waals surface area contributed by atoms with E-state index in [0.717, 1.165) is 6.54 Å². The second-order valence-corrected chi connectivity index (χ2v) is 4.89. The van der Waals surface area contributed by atoms with E-state index in [1.54, 1.807) is 0 Å². The van der Waals surface area contributed by atoms with Crippen molar-refractivity contribution < 1.29 is 0 Å². The topological polar surface area (TPSA) is 31.1 Å². The lowest BCUT2D eigenvalue weighted by Crippen LogP contribution is -2.43. The maximum absolute atomic E-state index is 3.60. The molecule has 4 heteroatoms. The van der Waals surface area contributed by atoms with Gasteiger partial charge < -0.3 is 10.3 Å². The third-order valence-corrected chi connectivity index (χ3v) is 3.65. The smallest absolute Gasteiger partial charge is 0.0467 e. The van der Waals surface area contributed by atoms with Crippen LogP contribution in [0.5, 0.6) is 0 Å². The van der Waals surface area contributed by atoms with Crippen molar-refractivity contribution in [3.8, 4) is 0 Å². The van der Waals surface area contributed by atoms with Crippen LogP contribution in [-0.2, 0) is 0 Å². The van der Waals surface area contributed by atoms with Crippen LogP contribution in [0.4, 0.5) is 0 Å². The summed E-state index contributed by atoms with van der Waals surface area (Å²) in [4.78, 5) is 5.72.